The third-order valence-corrected chi connectivity index (χ3v) is 2.62. The van der Waals surface area contributed by atoms with E-state index in [4.69, 9.17) is 4.74 Å². The minimum absolute atomic E-state index is 0. The molecule has 1 rings (SSSR count). The summed E-state index contributed by atoms with van der Waals surface area (Å²) in [6.07, 6.45) is 2.47. The van der Waals surface area contributed by atoms with Gasteiger partial charge in [-0.25, -0.2) is 0 Å². The average molecular weight is 211 g/mol. The maximum absolute atomic E-state index is 5.83. The standard InChI is InChI=1S/C13H23NO.H2/c1-6-12(15-13(3,4)5)14-9-7-11(2)8-10-14;/h11H,1,7-10H2,2-5H3;1H. The number of hydrogen-bond acceptors (Lipinski definition) is 2. The maximum atomic E-state index is 5.83. The van der Waals surface area contributed by atoms with E-state index in [9.17, 15) is 0 Å². The summed E-state index contributed by atoms with van der Waals surface area (Å²) in [5.41, 5.74) is 2.75. The van der Waals surface area contributed by atoms with Gasteiger partial charge in [0, 0.05) is 14.5 Å². The highest BCUT2D eigenvalue weighted by atomic mass is 16.5. The van der Waals surface area contributed by atoms with Crippen LogP contribution >= 0.6 is 0 Å². The molecule has 15 heavy (non-hydrogen) atoms. The molecule has 1 aliphatic rings. The number of rotatable bonds is 2. The Hall–Kier alpha value is -0.880. The predicted molar refractivity (Wildman–Crippen MR) is 65.6 cm³/mol. The van der Waals surface area contributed by atoms with Gasteiger partial charge < -0.3 is 9.64 Å². The SMILES string of the molecule is C=C=C(OC(C)(C)C)N1CCC(C)CC1.[HH]. The van der Waals surface area contributed by atoms with Gasteiger partial charge >= 0.3 is 0 Å². The van der Waals surface area contributed by atoms with Gasteiger partial charge in [0.15, 0.2) is 0 Å². The average Bonchev–Trinajstić information content (AvgIpc) is 2.14. The summed E-state index contributed by atoms with van der Waals surface area (Å²) in [6, 6.07) is 0. The first kappa shape index (κ1) is 12.2. The molecule has 0 aromatic heterocycles. The monoisotopic (exact) mass is 211 g/mol. The van der Waals surface area contributed by atoms with Crippen molar-refractivity contribution in [3.63, 3.8) is 0 Å². The van der Waals surface area contributed by atoms with Crippen molar-refractivity contribution in [2.24, 2.45) is 5.92 Å². The van der Waals surface area contributed by atoms with Crippen LogP contribution in [0.4, 0.5) is 0 Å². The fraction of sp³-hybridized carbons (Fsp3) is 0.769. The van der Waals surface area contributed by atoms with E-state index in [1.165, 1.54) is 12.8 Å². The first-order valence-electron chi connectivity index (χ1n) is 5.76. The molecule has 0 aromatic carbocycles. The maximum Gasteiger partial charge on any atom is 0.235 e. The molecule has 0 aromatic rings. The fourth-order valence-electron chi connectivity index (χ4n) is 1.71. The van der Waals surface area contributed by atoms with Crippen LogP contribution in [0.2, 0.25) is 0 Å². The zero-order chi connectivity index (χ0) is 11.5. The van der Waals surface area contributed by atoms with E-state index in [1.54, 1.807) is 0 Å². The highest BCUT2D eigenvalue weighted by Gasteiger charge is 2.22. The molecular weight excluding hydrogens is 186 g/mol. The summed E-state index contributed by atoms with van der Waals surface area (Å²) >= 11 is 0. The van der Waals surface area contributed by atoms with Crippen LogP contribution in [0.3, 0.4) is 0 Å². The van der Waals surface area contributed by atoms with Crippen LogP contribution in [0.15, 0.2) is 18.2 Å². The molecule has 1 aliphatic heterocycles. The Kier molecular flexibility index (Phi) is 3.87. The highest BCUT2D eigenvalue weighted by Crippen LogP contribution is 2.22. The highest BCUT2D eigenvalue weighted by molar-refractivity contribution is 4.93. The molecule has 1 fully saturated rings. The minimum Gasteiger partial charge on any atom is -0.468 e. The fourth-order valence-corrected chi connectivity index (χ4v) is 1.71. The Morgan fingerprint density at radius 2 is 1.93 bits per heavy atom. The Bertz CT molecular complexity index is 256. The van der Waals surface area contributed by atoms with Gasteiger partial charge in [0.25, 0.3) is 0 Å². The third-order valence-electron chi connectivity index (χ3n) is 2.62. The van der Waals surface area contributed by atoms with Crippen LogP contribution in [0.25, 0.3) is 0 Å². The second-order valence-electron chi connectivity index (χ2n) is 5.37. The van der Waals surface area contributed by atoms with Crippen LogP contribution in [-0.2, 0) is 4.74 Å². The van der Waals surface area contributed by atoms with Gasteiger partial charge in [-0.3, -0.25) is 0 Å². The summed E-state index contributed by atoms with van der Waals surface area (Å²) in [5.74, 6) is 1.65. The van der Waals surface area contributed by atoms with Crippen molar-refractivity contribution < 1.29 is 6.16 Å². The van der Waals surface area contributed by atoms with Gasteiger partial charge in [-0.05, 0) is 39.5 Å². The molecule has 0 unspecified atom stereocenters. The molecule has 0 amide bonds. The molecule has 0 N–H and O–H groups in total. The lowest BCUT2D eigenvalue weighted by Gasteiger charge is -2.35. The molecule has 2 heteroatoms. The van der Waals surface area contributed by atoms with E-state index >= 15 is 0 Å². The van der Waals surface area contributed by atoms with Crippen molar-refractivity contribution in [2.45, 2.75) is 46.1 Å². The zero-order valence-electron chi connectivity index (χ0n) is 10.5. The van der Waals surface area contributed by atoms with Crippen LogP contribution in [0.5, 0.6) is 0 Å². The number of piperidine rings is 1. The molecule has 2 nitrogen and oxygen atoms in total. The van der Waals surface area contributed by atoms with E-state index in [-0.39, 0.29) is 7.03 Å². The Balaban J connectivity index is 0.00000225. The molecular formula is C13H25NO. The van der Waals surface area contributed by atoms with Gasteiger partial charge in [0.1, 0.15) is 5.60 Å². The smallest absolute Gasteiger partial charge is 0.235 e. The molecule has 1 saturated heterocycles. The molecule has 0 spiro atoms. The first-order chi connectivity index (χ1) is 6.92. The Morgan fingerprint density at radius 1 is 1.40 bits per heavy atom. The number of ether oxygens (including phenoxy) is 1. The molecule has 0 aliphatic carbocycles. The van der Waals surface area contributed by atoms with E-state index in [2.05, 4.69) is 44.9 Å². The predicted octanol–water partition coefficient (Wildman–Crippen LogP) is 3.41. The lowest BCUT2D eigenvalue weighted by molar-refractivity contribution is -0.00529. The van der Waals surface area contributed by atoms with E-state index in [0.29, 0.717) is 0 Å². The molecule has 0 bridgehead atoms. The normalized spacial score (nSPS) is 18.5. The molecule has 0 atom stereocenters. The Morgan fingerprint density at radius 3 is 2.33 bits per heavy atom. The van der Waals surface area contributed by atoms with Gasteiger partial charge in [-0.15, -0.1) is 0 Å². The summed E-state index contributed by atoms with van der Waals surface area (Å²) in [7, 11) is 0. The van der Waals surface area contributed by atoms with Crippen molar-refractivity contribution in [3.05, 3.63) is 18.2 Å². The van der Waals surface area contributed by atoms with E-state index in [0.717, 1.165) is 24.9 Å². The number of likely N-dealkylation sites (tertiary alicyclic amines) is 1. The molecule has 1 heterocycles. The topological polar surface area (TPSA) is 12.5 Å². The van der Waals surface area contributed by atoms with Crippen LogP contribution < -0.4 is 0 Å². The lowest BCUT2D eigenvalue weighted by atomic mass is 9.99. The number of nitrogens with zero attached hydrogens (tertiary/aromatic N) is 1. The van der Waals surface area contributed by atoms with Crippen molar-refractivity contribution in [3.8, 4) is 0 Å². The van der Waals surface area contributed by atoms with E-state index < -0.39 is 0 Å². The van der Waals surface area contributed by atoms with Gasteiger partial charge in [0.05, 0.1) is 0 Å². The lowest BCUT2D eigenvalue weighted by Crippen LogP contribution is -2.35. The van der Waals surface area contributed by atoms with Crippen molar-refractivity contribution >= 4 is 0 Å². The summed E-state index contributed by atoms with van der Waals surface area (Å²) < 4.78 is 5.83. The van der Waals surface area contributed by atoms with Crippen LogP contribution in [0.1, 0.15) is 42.0 Å². The molecule has 88 valence electrons. The van der Waals surface area contributed by atoms with Crippen LogP contribution in [0, 0.1) is 5.92 Å². The number of hydrogen-bond donors (Lipinski definition) is 0. The van der Waals surface area contributed by atoms with Gasteiger partial charge in [-0.1, -0.05) is 19.2 Å². The zero-order valence-corrected chi connectivity index (χ0v) is 10.5. The minimum atomic E-state index is -0.164. The van der Waals surface area contributed by atoms with Gasteiger partial charge in [-0.2, -0.15) is 0 Å². The summed E-state index contributed by atoms with van der Waals surface area (Å²) in [6.45, 7) is 14.3. The largest absolute Gasteiger partial charge is 0.468 e. The summed E-state index contributed by atoms with van der Waals surface area (Å²) in [4.78, 5) is 2.25. The van der Waals surface area contributed by atoms with Crippen molar-refractivity contribution in [2.75, 3.05) is 13.1 Å². The van der Waals surface area contributed by atoms with Gasteiger partial charge in [0.2, 0.25) is 5.88 Å². The molecule has 0 saturated carbocycles. The third kappa shape index (κ3) is 4.01. The second-order valence-corrected chi connectivity index (χ2v) is 5.37. The van der Waals surface area contributed by atoms with E-state index in [1.807, 2.05) is 0 Å². The quantitative estimate of drug-likeness (QED) is 0.512. The first-order valence-corrected chi connectivity index (χ1v) is 5.76. The summed E-state index contributed by atoms with van der Waals surface area (Å²) in [5, 5.41) is 0. The Labute approximate surface area is 95.1 Å². The second kappa shape index (κ2) is 4.76. The molecule has 0 radical (unpaired) electrons. The van der Waals surface area contributed by atoms with Crippen molar-refractivity contribution in [1.29, 1.82) is 0 Å². The van der Waals surface area contributed by atoms with Crippen LogP contribution in [-0.4, -0.2) is 23.6 Å². The van der Waals surface area contributed by atoms with Crippen molar-refractivity contribution in [1.82, 2.24) is 4.90 Å².